The lowest BCUT2D eigenvalue weighted by Gasteiger charge is -2.28. The van der Waals surface area contributed by atoms with E-state index < -0.39 is 22.9 Å². The molecule has 5 heteroatoms. The zero-order valence-electron chi connectivity index (χ0n) is 11.1. The van der Waals surface area contributed by atoms with Gasteiger partial charge in [-0.15, -0.1) is 0 Å². The first kappa shape index (κ1) is 12.8. The standard InChI is InChI=1S/C17H7F3N2/c18-13-5-4-10-15(11(13)8-21)17(19,20)12-3-1-2-9-6-7-22-16(10)14(9)12/h1-7H. The van der Waals surface area contributed by atoms with E-state index in [9.17, 15) is 13.2 Å². The van der Waals surface area contributed by atoms with Crippen LogP contribution in [0.4, 0.5) is 13.2 Å². The van der Waals surface area contributed by atoms with Crippen LogP contribution in [0.2, 0.25) is 0 Å². The number of nitriles is 1. The van der Waals surface area contributed by atoms with Crippen LogP contribution in [0.1, 0.15) is 16.7 Å². The molecular weight excluding hydrogens is 289 g/mol. The van der Waals surface area contributed by atoms with Crippen LogP contribution in [0, 0.1) is 17.1 Å². The number of nitrogens with zero attached hydrogens (tertiary/aromatic N) is 2. The second kappa shape index (κ2) is 4.08. The number of rotatable bonds is 0. The lowest BCUT2D eigenvalue weighted by molar-refractivity contribution is 0.0436. The number of pyridine rings is 1. The van der Waals surface area contributed by atoms with Gasteiger partial charge in [0.25, 0.3) is 0 Å². The number of hydrogen-bond acceptors (Lipinski definition) is 2. The number of halogens is 3. The third-order valence-electron chi connectivity index (χ3n) is 3.96. The third kappa shape index (κ3) is 1.41. The zero-order chi connectivity index (χ0) is 15.5. The summed E-state index contributed by atoms with van der Waals surface area (Å²) in [6, 6.07) is 10.0. The summed E-state index contributed by atoms with van der Waals surface area (Å²) in [5.74, 6) is -4.40. The molecule has 0 amide bonds. The Morgan fingerprint density at radius 3 is 2.68 bits per heavy atom. The van der Waals surface area contributed by atoms with Gasteiger partial charge in [0.2, 0.25) is 0 Å². The maximum absolute atomic E-state index is 14.9. The molecule has 0 bridgehead atoms. The van der Waals surface area contributed by atoms with Gasteiger partial charge in [0.15, 0.2) is 0 Å². The molecule has 0 unspecified atom stereocenters. The van der Waals surface area contributed by atoms with E-state index in [0.29, 0.717) is 16.5 Å². The SMILES string of the molecule is N#Cc1c(F)ccc2c1C(F)(F)c1cccc3ccnc-2c13. The van der Waals surface area contributed by atoms with Crippen molar-refractivity contribution in [3.63, 3.8) is 0 Å². The second-order valence-corrected chi connectivity index (χ2v) is 5.09. The lowest BCUT2D eigenvalue weighted by atomic mass is 9.81. The minimum atomic E-state index is -3.45. The Bertz CT molecular complexity index is 982. The molecule has 106 valence electrons. The van der Waals surface area contributed by atoms with Crippen LogP contribution in [0.15, 0.2) is 42.6 Å². The Balaban J connectivity index is 2.28. The van der Waals surface area contributed by atoms with Crippen LogP contribution in [-0.4, -0.2) is 4.98 Å². The number of aromatic nitrogens is 1. The molecule has 2 aromatic carbocycles. The smallest absolute Gasteiger partial charge is 0.256 e. The molecule has 22 heavy (non-hydrogen) atoms. The first-order chi connectivity index (χ1) is 10.6. The normalized spacial score (nSPS) is 14.5. The van der Waals surface area contributed by atoms with Gasteiger partial charge in [-0.3, -0.25) is 4.98 Å². The van der Waals surface area contributed by atoms with Gasteiger partial charge in [0, 0.05) is 22.7 Å². The molecule has 0 aliphatic heterocycles. The van der Waals surface area contributed by atoms with Gasteiger partial charge >= 0.3 is 5.92 Å². The van der Waals surface area contributed by atoms with E-state index in [1.54, 1.807) is 18.2 Å². The fourth-order valence-corrected chi connectivity index (χ4v) is 3.04. The van der Waals surface area contributed by atoms with Gasteiger partial charge in [-0.2, -0.15) is 14.0 Å². The molecule has 0 radical (unpaired) electrons. The van der Waals surface area contributed by atoms with Crippen molar-refractivity contribution >= 4 is 10.8 Å². The van der Waals surface area contributed by atoms with Gasteiger partial charge in [0.05, 0.1) is 16.8 Å². The summed E-state index contributed by atoms with van der Waals surface area (Å²) >= 11 is 0. The van der Waals surface area contributed by atoms with E-state index in [1.165, 1.54) is 24.4 Å². The zero-order valence-corrected chi connectivity index (χ0v) is 11.1. The van der Waals surface area contributed by atoms with E-state index in [4.69, 9.17) is 5.26 Å². The van der Waals surface area contributed by atoms with E-state index in [-0.39, 0.29) is 11.1 Å². The molecule has 0 atom stereocenters. The third-order valence-corrected chi connectivity index (χ3v) is 3.96. The van der Waals surface area contributed by atoms with E-state index in [0.717, 1.165) is 6.07 Å². The Hall–Kier alpha value is -2.87. The van der Waals surface area contributed by atoms with E-state index in [2.05, 4.69) is 4.98 Å². The number of benzene rings is 2. The molecule has 0 spiro atoms. The minimum absolute atomic E-state index is 0.104. The van der Waals surface area contributed by atoms with Crippen LogP contribution < -0.4 is 0 Å². The molecule has 3 aromatic rings. The van der Waals surface area contributed by atoms with Gasteiger partial charge in [0.1, 0.15) is 11.9 Å². The van der Waals surface area contributed by atoms with Crippen molar-refractivity contribution < 1.29 is 13.2 Å². The average molecular weight is 296 g/mol. The summed E-state index contributed by atoms with van der Waals surface area (Å²) in [5, 5.41) is 10.1. The highest BCUT2D eigenvalue weighted by Crippen LogP contribution is 2.51. The highest BCUT2D eigenvalue weighted by Gasteiger charge is 2.45. The summed E-state index contributed by atoms with van der Waals surface area (Å²) in [6.07, 6.45) is 1.52. The van der Waals surface area contributed by atoms with Gasteiger partial charge in [-0.05, 0) is 23.6 Å². The van der Waals surface area contributed by atoms with Gasteiger partial charge in [-0.1, -0.05) is 18.2 Å². The fourth-order valence-electron chi connectivity index (χ4n) is 3.04. The molecule has 0 N–H and O–H groups in total. The molecule has 1 aliphatic carbocycles. The van der Waals surface area contributed by atoms with Crippen LogP contribution in [0.25, 0.3) is 22.0 Å². The predicted molar refractivity (Wildman–Crippen MR) is 74.8 cm³/mol. The van der Waals surface area contributed by atoms with Crippen molar-refractivity contribution in [3.05, 3.63) is 65.1 Å². The fraction of sp³-hybridized carbons (Fsp3) is 0.0588. The van der Waals surface area contributed by atoms with Crippen LogP contribution in [-0.2, 0) is 5.92 Å². The second-order valence-electron chi connectivity index (χ2n) is 5.09. The molecule has 2 nitrogen and oxygen atoms in total. The van der Waals surface area contributed by atoms with E-state index in [1.807, 2.05) is 0 Å². The monoisotopic (exact) mass is 296 g/mol. The van der Waals surface area contributed by atoms with Crippen molar-refractivity contribution in [2.24, 2.45) is 0 Å². The average Bonchev–Trinajstić information content (AvgIpc) is 2.52. The minimum Gasteiger partial charge on any atom is -0.256 e. The largest absolute Gasteiger partial charge is 0.301 e. The van der Waals surface area contributed by atoms with Crippen molar-refractivity contribution in [2.45, 2.75) is 5.92 Å². The Kier molecular flexibility index (Phi) is 2.38. The highest BCUT2D eigenvalue weighted by molar-refractivity contribution is 6.01. The molecular formula is C17H7F3N2. The Morgan fingerprint density at radius 2 is 1.91 bits per heavy atom. The van der Waals surface area contributed by atoms with Crippen LogP contribution in [0.3, 0.4) is 0 Å². The predicted octanol–water partition coefficient (Wildman–Crippen LogP) is 4.37. The van der Waals surface area contributed by atoms with Crippen molar-refractivity contribution in [3.8, 4) is 17.3 Å². The highest BCUT2D eigenvalue weighted by atomic mass is 19.3. The van der Waals surface area contributed by atoms with Crippen LogP contribution >= 0.6 is 0 Å². The summed E-state index contributed by atoms with van der Waals surface area (Å²) < 4.78 is 43.7. The topological polar surface area (TPSA) is 36.7 Å². The summed E-state index contributed by atoms with van der Waals surface area (Å²) in [5.41, 5.74) is -1.02. The summed E-state index contributed by atoms with van der Waals surface area (Å²) in [4.78, 5) is 4.18. The molecule has 1 heterocycles. The lowest BCUT2D eigenvalue weighted by Crippen LogP contribution is -2.23. The Labute approximate surface area is 123 Å². The Morgan fingerprint density at radius 1 is 1.09 bits per heavy atom. The summed E-state index contributed by atoms with van der Waals surface area (Å²) in [6.45, 7) is 0. The summed E-state index contributed by atoms with van der Waals surface area (Å²) in [7, 11) is 0. The maximum atomic E-state index is 14.9. The first-order valence-electron chi connectivity index (χ1n) is 6.55. The number of alkyl halides is 2. The molecule has 0 saturated heterocycles. The number of hydrogen-bond donors (Lipinski definition) is 0. The molecule has 1 aliphatic rings. The quantitative estimate of drug-likeness (QED) is 0.618. The molecule has 1 aromatic heterocycles. The van der Waals surface area contributed by atoms with Crippen molar-refractivity contribution in [2.75, 3.05) is 0 Å². The molecule has 0 fully saturated rings. The van der Waals surface area contributed by atoms with Crippen molar-refractivity contribution in [1.82, 2.24) is 4.98 Å². The first-order valence-corrected chi connectivity index (χ1v) is 6.55. The van der Waals surface area contributed by atoms with Crippen LogP contribution in [0.5, 0.6) is 0 Å². The van der Waals surface area contributed by atoms with Gasteiger partial charge in [-0.25, -0.2) is 4.39 Å². The maximum Gasteiger partial charge on any atom is 0.301 e. The van der Waals surface area contributed by atoms with Gasteiger partial charge < -0.3 is 0 Å². The molecule has 0 saturated carbocycles. The number of fused-ring (bicyclic) bond motifs is 2. The molecule has 4 rings (SSSR count). The van der Waals surface area contributed by atoms with Crippen molar-refractivity contribution in [1.29, 1.82) is 5.26 Å². The van der Waals surface area contributed by atoms with E-state index >= 15 is 0 Å².